The van der Waals surface area contributed by atoms with Crippen LogP contribution < -0.4 is 10.9 Å². The highest BCUT2D eigenvalue weighted by Crippen LogP contribution is 2.48. The third-order valence-electron chi connectivity index (χ3n) is 6.65. The molecule has 12 heteroatoms. The molecule has 7 nitrogen and oxygen atoms in total. The molecule has 0 spiro atoms. The van der Waals surface area contributed by atoms with Gasteiger partial charge >= 0.3 is 0 Å². The zero-order valence-corrected chi connectivity index (χ0v) is 19.0. The second-order valence-electron chi connectivity index (χ2n) is 9.06. The van der Waals surface area contributed by atoms with Gasteiger partial charge in [0.15, 0.2) is 0 Å². The van der Waals surface area contributed by atoms with Crippen LogP contribution in [0, 0.1) is 12.7 Å². The second-order valence-corrected chi connectivity index (χ2v) is 9.06. The lowest BCUT2D eigenvalue weighted by atomic mass is 9.99. The summed E-state index contributed by atoms with van der Waals surface area (Å²) in [5.74, 6) is -5.75. The number of aryl methyl sites for hydroxylation is 1. The maximum Gasteiger partial charge on any atom is 0.298 e. The van der Waals surface area contributed by atoms with Crippen LogP contribution in [0.15, 0.2) is 35.3 Å². The van der Waals surface area contributed by atoms with Crippen molar-refractivity contribution in [3.63, 3.8) is 0 Å². The van der Waals surface area contributed by atoms with Crippen LogP contribution in [0.5, 0.6) is 0 Å². The van der Waals surface area contributed by atoms with Crippen molar-refractivity contribution in [1.82, 2.24) is 14.5 Å². The number of fused-ring (bicyclic) bond motifs is 1. The van der Waals surface area contributed by atoms with E-state index in [4.69, 9.17) is 4.74 Å². The Morgan fingerprint density at radius 2 is 2.03 bits per heavy atom. The molecule has 36 heavy (non-hydrogen) atoms. The predicted molar refractivity (Wildman–Crippen MR) is 119 cm³/mol. The van der Waals surface area contributed by atoms with Crippen LogP contribution in [0.3, 0.4) is 0 Å². The van der Waals surface area contributed by atoms with Crippen LogP contribution in [-0.2, 0) is 16.2 Å². The molecule has 3 aromatic rings. The van der Waals surface area contributed by atoms with Crippen molar-refractivity contribution in [2.75, 3.05) is 11.9 Å². The molecule has 5 rings (SSSR count). The maximum atomic E-state index is 15.0. The van der Waals surface area contributed by atoms with Gasteiger partial charge < -0.3 is 14.6 Å². The molecule has 2 fully saturated rings. The molecule has 2 aromatic heterocycles. The Kier molecular flexibility index (Phi) is 5.81. The fourth-order valence-electron chi connectivity index (χ4n) is 4.48. The number of pyridine rings is 1. The molecule has 0 radical (unpaired) electrons. The minimum absolute atomic E-state index is 0.00232. The monoisotopic (exact) mass is 508 g/mol. The Morgan fingerprint density at radius 1 is 1.28 bits per heavy atom. The van der Waals surface area contributed by atoms with Gasteiger partial charge in [0.2, 0.25) is 5.82 Å². The summed E-state index contributed by atoms with van der Waals surface area (Å²) in [6, 6.07) is 4.83. The Balaban J connectivity index is 1.53. The number of aromatic nitrogens is 3. The van der Waals surface area contributed by atoms with E-state index in [9.17, 15) is 31.5 Å². The van der Waals surface area contributed by atoms with E-state index in [1.165, 1.54) is 25.1 Å². The highest BCUT2D eigenvalue weighted by molar-refractivity contribution is 6.07. The molecule has 1 unspecified atom stereocenters. The van der Waals surface area contributed by atoms with Gasteiger partial charge in [-0.25, -0.2) is 18.7 Å². The van der Waals surface area contributed by atoms with Gasteiger partial charge in [-0.3, -0.25) is 9.59 Å². The Labute approximate surface area is 201 Å². The number of nitrogens with one attached hydrogen (secondary N) is 1. The molecule has 1 aliphatic carbocycles. The molecular formula is C24H21F5N4O3. The highest BCUT2D eigenvalue weighted by Gasteiger charge is 2.54. The first kappa shape index (κ1) is 24.3. The normalized spacial score (nSPS) is 19.1. The van der Waals surface area contributed by atoms with Crippen molar-refractivity contribution in [3.8, 4) is 0 Å². The molecule has 1 saturated heterocycles. The molecule has 1 saturated carbocycles. The van der Waals surface area contributed by atoms with Crippen LogP contribution in [0.2, 0.25) is 0 Å². The predicted octanol–water partition coefficient (Wildman–Crippen LogP) is 4.52. The average Bonchev–Trinajstić information content (AvgIpc) is 3.46. The van der Waals surface area contributed by atoms with Gasteiger partial charge in [-0.1, -0.05) is 12.1 Å². The van der Waals surface area contributed by atoms with E-state index in [0.29, 0.717) is 11.0 Å². The summed E-state index contributed by atoms with van der Waals surface area (Å²) in [5, 5.41) is 2.26. The summed E-state index contributed by atoms with van der Waals surface area (Å²) in [6.45, 7) is 1.62. The van der Waals surface area contributed by atoms with Gasteiger partial charge in [0.25, 0.3) is 23.8 Å². The number of carbonyl (C=O) groups is 1. The number of ether oxygens (including phenoxy) is 1. The van der Waals surface area contributed by atoms with E-state index in [-0.39, 0.29) is 48.5 Å². The standard InChI is InChI=1S/C24H21F5N4O3/c1-12-30-18-15(11-33(21(35)17(18)25)23(7-8-23)22(26)27)19(31-12)32-20(34)13-4-2-5-14(10-13)24(28,29)16-6-3-9-36-16/h2,4-5,10-11,16,22H,3,6-9H2,1H3,(H,30,31,32,34). The number of carbonyl (C=O) groups excluding carboxylic acids is 1. The fourth-order valence-corrected chi connectivity index (χ4v) is 4.48. The quantitative estimate of drug-likeness (QED) is 0.495. The average molecular weight is 508 g/mol. The van der Waals surface area contributed by atoms with Gasteiger partial charge in [-0.15, -0.1) is 0 Å². The first-order valence-electron chi connectivity index (χ1n) is 11.3. The van der Waals surface area contributed by atoms with E-state index in [1.807, 2.05) is 0 Å². The lowest BCUT2D eigenvalue weighted by Crippen LogP contribution is -2.37. The summed E-state index contributed by atoms with van der Waals surface area (Å²) in [4.78, 5) is 33.5. The van der Waals surface area contributed by atoms with Crippen molar-refractivity contribution >= 4 is 22.6 Å². The van der Waals surface area contributed by atoms with Crippen LogP contribution in [0.1, 0.15) is 47.4 Å². The van der Waals surface area contributed by atoms with Crippen molar-refractivity contribution < 1.29 is 31.5 Å². The summed E-state index contributed by atoms with van der Waals surface area (Å²) < 4.78 is 77.8. The van der Waals surface area contributed by atoms with Crippen LogP contribution in [0.4, 0.5) is 27.8 Å². The summed E-state index contributed by atoms with van der Waals surface area (Å²) in [7, 11) is 0. The van der Waals surface area contributed by atoms with Crippen molar-refractivity contribution in [2.24, 2.45) is 0 Å². The maximum absolute atomic E-state index is 15.0. The number of halogens is 5. The van der Waals surface area contributed by atoms with Crippen molar-refractivity contribution in [2.45, 2.75) is 56.6 Å². The molecule has 1 aliphatic heterocycles. The van der Waals surface area contributed by atoms with Crippen LogP contribution >= 0.6 is 0 Å². The van der Waals surface area contributed by atoms with Crippen LogP contribution in [-0.4, -0.2) is 39.6 Å². The van der Waals surface area contributed by atoms with Gasteiger partial charge in [0.05, 0.1) is 5.39 Å². The summed E-state index contributed by atoms with van der Waals surface area (Å²) in [5.41, 5.74) is -4.06. The van der Waals surface area contributed by atoms with E-state index >= 15 is 0 Å². The number of hydrogen-bond donors (Lipinski definition) is 1. The molecule has 1 amide bonds. The number of anilines is 1. The molecule has 1 N–H and O–H groups in total. The first-order valence-corrected chi connectivity index (χ1v) is 11.3. The van der Waals surface area contributed by atoms with Crippen LogP contribution in [0.25, 0.3) is 10.9 Å². The summed E-state index contributed by atoms with van der Waals surface area (Å²) >= 11 is 0. The lowest BCUT2D eigenvalue weighted by molar-refractivity contribution is -0.122. The van der Waals surface area contributed by atoms with Gasteiger partial charge in [-0.05, 0) is 44.7 Å². The number of alkyl halides is 4. The SMILES string of the molecule is Cc1nc(NC(=O)c2cccc(C(F)(F)C3CCCO3)c2)c2cn(C3(C(F)F)CC3)c(=O)c(F)c2n1. The molecule has 1 atom stereocenters. The first-order chi connectivity index (χ1) is 17.0. The molecule has 1 aromatic carbocycles. The number of hydrogen-bond acceptors (Lipinski definition) is 5. The minimum atomic E-state index is -3.32. The van der Waals surface area contributed by atoms with Crippen molar-refractivity contribution in [3.05, 3.63) is 63.6 Å². The van der Waals surface area contributed by atoms with Gasteiger partial charge in [-0.2, -0.15) is 13.2 Å². The fraction of sp³-hybridized carbons (Fsp3) is 0.417. The van der Waals surface area contributed by atoms with E-state index in [1.54, 1.807) is 0 Å². The number of amides is 1. The smallest absolute Gasteiger partial charge is 0.298 e. The lowest BCUT2D eigenvalue weighted by Gasteiger charge is -2.23. The third-order valence-corrected chi connectivity index (χ3v) is 6.65. The van der Waals surface area contributed by atoms with Gasteiger partial charge in [0, 0.05) is 23.9 Å². The highest BCUT2D eigenvalue weighted by atomic mass is 19.3. The molecular weight excluding hydrogens is 487 g/mol. The zero-order valence-electron chi connectivity index (χ0n) is 19.0. The van der Waals surface area contributed by atoms with Gasteiger partial charge in [0.1, 0.15) is 28.8 Å². The minimum Gasteiger partial charge on any atom is -0.372 e. The summed E-state index contributed by atoms with van der Waals surface area (Å²) in [6.07, 6.45) is -2.54. The Hall–Kier alpha value is -3.41. The topological polar surface area (TPSA) is 86.1 Å². The van der Waals surface area contributed by atoms with E-state index < -0.39 is 52.4 Å². The largest absolute Gasteiger partial charge is 0.372 e. The third kappa shape index (κ3) is 3.93. The van der Waals surface area contributed by atoms with E-state index in [0.717, 1.165) is 12.3 Å². The Bertz CT molecular complexity index is 1410. The zero-order chi connectivity index (χ0) is 25.8. The Morgan fingerprint density at radius 3 is 2.67 bits per heavy atom. The number of benzene rings is 1. The molecule has 2 aliphatic rings. The van der Waals surface area contributed by atoms with E-state index in [2.05, 4.69) is 15.3 Å². The second kappa shape index (κ2) is 8.61. The number of nitrogens with zero attached hydrogens (tertiary/aromatic N) is 3. The molecule has 190 valence electrons. The number of rotatable bonds is 6. The molecule has 0 bridgehead atoms. The van der Waals surface area contributed by atoms with Crippen molar-refractivity contribution in [1.29, 1.82) is 0 Å². The molecule has 3 heterocycles.